The Morgan fingerprint density at radius 1 is 1.43 bits per heavy atom. The summed E-state index contributed by atoms with van der Waals surface area (Å²) < 4.78 is 4.93. The van der Waals surface area contributed by atoms with Crippen molar-refractivity contribution in [2.24, 2.45) is 0 Å². The van der Waals surface area contributed by atoms with Crippen LogP contribution < -0.4 is 5.32 Å². The molecule has 0 fully saturated rings. The number of nitrogens with zero attached hydrogens (tertiary/aromatic N) is 1. The number of aliphatic hydroxyl groups excluding tert-OH is 1. The van der Waals surface area contributed by atoms with E-state index in [1.165, 1.54) is 6.26 Å². The molecule has 2 rings (SSSR count). The maximum Gasteiger partial charge on any atom is 0.257 e. The minimum absolute atomic E-state index is 0.0300. The molecule has 1 amide bonds. The second kappa shape index (κ2) is 7.24. The molecule has 1 aromatic carbocycles. The lowest BCUT2D eigenvalue weighted by Gasteiger charge is -2.12. The highest BCUT2D eigenvalue weighted by atomic mass is 35.5. The van der Waals surface area contributed by atoms with Gasteiger partial charge < -0.3 is 14.9 Å². The highest BCUT2D eigenvalue weighted by molar-refractivity contribution is 6.30. The average Bonchev–Trinajstić information content (AvgIpc) is 2.95. The molecule has 0 spiro atoms. The predicted octanol–water partition coefficient (Wildman–Crippen LogP) is 2.89. The predicted molar refractivity (Wildman–Crippen MR) is 80.2 cm³/mol. The lowest BCUT2D eigenvalue weighted by Crippen LogP contribution is -2.32. The second-order valence-corrected chi connectivity index (χ2v) is 5.26. The topological polar surface area (TPSA) is 75.4 Å². The first-order valence-corrected chi connectivity index (χ1v) is 7.11. The number of aromatic nitrogens is 1. The van der Waals surface area contributed by atoms with E-state index in [2.05, 4.69) is 10.5 Å². The van der Waals surface area contributed by atoms with Gasteiger partial charge in [0.2, 0.25) is 0 Å². The van der Waals surface area contributed by atoms with Gasteiger partial charge in [0.15, 0.2) is 0 Å². The third-order valence-corrected chi connectivity index (χ3v) is 3.36. The summed E-state index contributed by atoms with van der Waals surface area (Å²) in [6, 6.07) is 7.00. The molecule has 0 saturated carbocycles. The summed E-state index contributed by atoms with van der Waals surface area (Å²) in [6.45, 7) is 2.01. The molecule has 0 bridgehead atoms. The fourth-order valence-corrected chi connectivity index (χ4v) is 2.11. The van der Waals surface area contributed by atoms with Gasteiger partial charge in [-0.3, -0.25) is 4.79 Å². The number of benzene rings is 1. The Hall–Kier alpha value is -1.85. The smallest absolute Gasteiger partial charge is 0.257 e. The Morgan fingerprint density at radius 2 is 2.14 bits per heavy atom. The van der Waals surface area contributed by atoms with Crippen molar-refractivity contribution in [1.29, 1.82) is 0 Å². The summed E-state index contributed by atoms with van der Waals surface area (Å²) in [4.78, 5) is 12.2. The van der Waals surface area contributed by atoms with E-state index in [4.69, 9.17) is 21.2 Å². The molecule has 1 aromatic heterocycles. The summed E-state index contributed by atoms with van der Waals surface area (Å²) in [5.74, 6) is -0.244. The zero-order valence-corrected chi connectivity index (χ0v) is 12.4. The molecule has 0 radical (unpaired) electrons. The number of hydrogen-bond acceptors (Lipinski definition) is 4. The lowest BCUT2D eigenvalue weighted by atomic mass is 10.1. The normalized spacial score (nSPS) is 12.1. The third kappa shape index (κ3) is 4.06. The summed E-state index contributed by atoms with van der Waals surface area (Å²) in [5.41, 5.74) is 1.63. The molecule has 2 N–H and O–H groups in total. The Labute approximate surface area is 127 Å². The first-order chi connectivity index (χ1) is 10.1. The molecule has 0 aliphatic heterocycles. The van der Waals surface area contributed by atoms with Crippen LogP contribution in [-0.4, -0.2) is 28.8 Å². The van der Waals surface area contributed by atoms with Crippen LogP contribution in [0.4, 0.5) is 0 Å². The fourth-order valence-electron chi connectivity index (χ4n) is 1.98. The van der Waals surface area contributed by atoms with Gasteiger partial charge in [0.05, 0.1) is 0 Å². The number of nitrogens with one attached hydrogen (secondary N) is 1. The minimum Gasteiger partial charge on any atom is -0.396 e. The second-order valence-electron chi connectivity index (χ2n) is 4.82. The van der Waals surface area contributed by atoms with Crippen molar-refractivity contribution in [2.45, 2.75) is 25.8 Å². The van der Waals surface area contributed by atoms with Gasteiger partial charge in [-0.15, -0.1) is 0 Å². The first-order valence-electron chi connectivity index (χ1n) is 6.74. The molecular weight excluding hydrogens is 292 g/mol. The largest absolute Gasteiger partial charge is 0.396 e. The number of carbonyl (C=O) groups excluding carboxylic acids is 1. The molecule has 0 aliphatic rings. The SMILES string of the molecule is CC(CCCO)NC(=O)c1conc1-c1ccc(Cl)cc1. The van der Waals surface area contributed by atoms with Crippen LogP contribution in [0.15, 0.2) is 35.1 Å². The van der Waals surface area contributed by atoms with E-state index < -0.39 is 0 Å². The van der Waals surface area contributed by atoms with Gasteiger partial charge in [-0.2, -0.15) is 0 Å². The number of hydrogen-bond donors (Lipinski definition) is 2. The average molecular weight is 309 g/mol. The maximum absolute atomic E-state index is 12.2. The summed E-state index contributed by atoms with van der Waals surface area (Å²) in [7, 11) is 0. The van der Waals surface area contributed by atoms with E-state index in [0.717, 1.165) is 5.56 Å². The summed E-state index contributed by atoms with van der Waals surface area (Å²) in [5, 5.41) is 16.2. The zero-order valence-electron chi connectivity index (χ0n) is 11.7. The van der Waals surface area contributed by atoms with Gasteiger partial charge in [0.25, 0.3) is 5.91 Å². The van der Waals surface area contributed by atoms with E-state index >= 15 is 0 Å². The zero-order chi connectivity index (χ0) is 15.2. The van der Waals surface area contributed by atoms with Crippen molar-refractivity contribution in [3.8, 4) is 11.3 Å². The molecule has 1 unspecified atom stereocenters. The van der Waals surface area contributed by atoms with Crippen molar-refractivity contribution in [2.75, 3.05) is 6.61 Å². The monoisotopic (exact) mass is 308 g/mol. The molecule has 112 valence electrons. The number of aliphatic hydroxyl groups is 1. The van der Waals surface area contributed by atoms with Gasteiger partial charge in [0.1, 0.15) is 17.5 Å². The van der Waals surface area contributed by atoms with Crippen LogP contribution in [0.1, 0.15) is 30.1 Å². The Bertz CT molecular complexity index is 595. The maximum atomic E-state index is 12.2. The van der Waals surface area contributed by atoms with Crippen molar-refractivity contribution in [1.82, 2.24) is 10.5 Å². The molecule has 21 heavy (non-hydrogen) atoms. The first kappa shape index (κ1) is 15.5. The quantitative estimate of drug-likeness (QED) is 0.860. The van der Waals surface area contributed by atoms with Gasteiger partial charge >= 0.3 is 0 Å². The molecular formula is C15H17ClN2O3. The van der Waals surface area contributed by atoms with E-state index in [0.29, 0.717) is 29.1 Å². The highest BCUT2D eigenvalue weighted by Crippen LogP contribution is 2.23. The standard InChI is InChI=1S/C15H17ClN2O3/c1-10(3-2-8-19)17-15(20)13-9-21-18-14(13)11-4-6-12(16)7-5-11/h4-7,9-10,19H,2-3,8H2,1H3,(H,17,20). The number of halogens is 1. The van der Waals surface area contributed by atoms with Crippen molar-refractivity contribution in [3.05, 3.63) is 41.1 Å². The van der Waals surface area contributed by atoms with Crippen LogP contribution >= 0.6 is 11.6 Å². The minimum atomic E-state index is -0.244. The van der Waals surface area contributed by atoms with Crippen LogP contribution in [0, 0.1) is 0 Å². The van der Waals surface area contributed by atoms with Gasteiger partial charge in [0, 0.05) is 23.2 Å². The van der Waals surface area contributed by atoms with Crippen LogP contribution in [0.5, 0.6) is 0 Å². The molecule has 1 heterocycles. The molecule has 0 saturated heterocycles. The van der Waals surface area contributed by atoms with Gasteiger partial charge in [-0.1, -0.05) is 28.9 Å². The molecule has 1 atom stereocenters. The highest BCUT2D eigenvalue weighted by Gasteiger charge is 2.18. The summed E-state index contributed by atoms with van der Waals surface area (Å²) >= 11 is 5.85. The third-order valence-electron chi connectivity index (χ3n) is 3.10. The van der Waals surface area contributed by atoms with Crippen LogP contribution in [0.2, 0.25) is 5.02 Å². The Balaban J connectivity index is 2.12. The fraction of sp³-hybridized carbons (Fsp3) is 0.333. The van der Waals surface area contributed by atoms with E-state index in [1.54, 1.807) is 24.3 Å². The number of carbonyl (C=O) groups is 1. The van der Waals surface area contributed by atoms with Gasteiger partial charge in [-0.05, 0) is 31.9 Å². The van der Waals surface area contributed by atoms with Crippen molar-refractivity contribution < 1.29 is 14.4 Å². The molecule has 0 aliphatic carbocycles. The van der Waals surface area contributed by atoms with Crippen molar-refractivity contribution in [3.63, 3.8) is 0 Å². The molecule has 6 heteroatoms. The van der Waals surface area contributed by atoms with E-state index in [9.17, 15) is 4.79 Å². The Morgan fingerprint density at radius 3 is 2.81 bits per heavy atom. The van der Waals surface area contributed by atoms with Crippen LogP contribution in [0.25, 0.3) is 11.3 Å². The lowest BCUT2D eigenvalue weighted by molar-refractivity contribution is 0.0936. The number of amides is 1. The van der Waals surface area contributed by atoms with E-state index in [1.807, 2.05) is 6.92 Å². The van der Waals surface area contributed by atoms with Crippen LogP contribution in [0.3, 0.4) is 0 Å². The molecule has 5 nitrogen and oxygen atoms in total. The van der Waals surface area contributed by atoms with Crippen molar-refractivity contribution >= 4 is 17.5 Å². The van der Waals surface area contributed by atoms with E-state index in [-0.39, 0.29) is 18.6 Å². The van der Waals surface area contributed by atoms with Gasteiger partial charge in [-0.25, -0.2) is 0 Å². The summed E-state index contributed by atoms with van der Waals surface area (Å²) in [6.07, 6.45) is 2.69. The molecule has 2 aromatic rings. The number of rotatable bonds is 6. The Kier molecular flexibility index (Phi) is 5.36. The van der Waals surface area contributed by atoms with Crippen LogP contribution in [-0.2, 0) is 0 Å².